The number of unbranched alkanes of at least 4 members (excludes halogenated alkanes) is 1. The summed E-state index contributed by atoms with van der Waals surface area (Å²) in [7, 11) is 0. The quantitative estimate of drug-likeness (QED) is 0.770. The molecular formula is C20H22N2O3. The molecule has 1 unspecified atom stereocenters. The normalized spacial score (nSPS) is 16.6. The van der Waals surface area contributed by atoms with Crippen molar-refractivity contribution in [1.82, 2.24) is 4.90 Å². The highest BCUT2D eigenvalue weighted by Crippen LogP contribution is 2.29. The zero-order chi connectivity index (χ0) is 17.6. The number of hydrogen-bond donors (Lipinski definition) is 0. The van der Waals surface area contributed by atoms with E-state index in [0.29, 0.717) is 31.0 Å². The average molecular weight is 338 g/mol. The Morgan fingerprint density at radius 1 is 1.32 bits per heavy atom. The van der Waals surface area contributed by atoms with E-state index in [9.17, 15) is 10.1 Å². The van der Waals surface area contributed by atoms with Crippen LogP contribution in [0, 0.1) is 11.3 Å². The molecule has 1 aliphatic heterocycles. The van der Waals surface area contributed by atoms with Crippen LogP contribution in [0.2, 0.25) is 0 Å². The number of carbonyl (C=O) groups is 1. The lowest BCUT2D eigenvalue weighted by Gasteiger charge is -2.18. The summed E-state index contributed by atoms with van der Waals surface area (Å²) in [6, 6.07) is 13.8. The van der Waals surface area contributed by atoms with E-state index in [1.54, 1.807) is 4.90 Å². The minimum Gasteiger partial charge on any atom is -0.487 e. The van der Waals surface area contributed by atoms with Crippen molar-refractivity contribution < 1.29 is 14.3 Å². The van der Waals surface area contributed by atoms with Crippen LogP contribution in [-0.4, -0.2) is 36.8 Å². The topological polar surface area (TPSA) is 62.6 Å². The van der Waals surface area contributed by atoms with Crippen molar-refractivity contribution in [3.63, 3.8) is 0 Å². The predicted molar refractivity (Wildman–Crippen MR) is 95.5 cm³/mol. The van der Waals surface area contributed by atoms with Gasteiger partial charge in [0.05, 0.1) is 13.2 Å². The van der Waals surface area contributed by atoms with Gasteiger partial charge in [0, 0.05) is 18.4 Å². The van der Waals surface area contributed by atoms with Gasteiger partial charge in [-0.1, -0.05) is 43.7 Å². The Balaban J connectivity index is 1.67. The molecule has 25 heavy (non-hydrogen) atoms. The van der Waals surface area contributed by atoms with Gasteiger partial charge in [0.25, 0.3) is 0 Å². The zero-order valence-corrected chi connectivity index (χ0v) is 14.4. The summed E-state index contributed by atoms with van der Waals surface area (Å²) in [5.41, 5.74) is 0.544. The molecule has 3 rings (SSSR count). The molecule has 2 aromatic rings. The summed E-state index contributed by atoms with van der Waals surface area (Å²) in [5.74, 6) is 0.576. The van der Waals surface area contributed by atoms with Gasteiger partial charge in [0.15, 0.2) is 0 Å². The van der Waals surface area contributed by atoms with Gasteiger partial charge < -0.3 is 14.4 Å². The molecule has 0 radical (unpaired) electrons. The molecule has 1 amide bonds. The highest BCUT2D eigenvalue weighted by Gasteiger charge is 2.29. The first-order valence-electron chi connectivity index (χ1n) is 8.73. The van der Waals surface area contributed by atoms with Gasteiger partial charge in [0.1, 0.15) is 23.5 Å². The van der Waals surface area contributed by atoms with Crippen LogP contribution in [0.1, 0.15) is 31.7 Å². The summed E-state index contributed by atoms with van der Waals surface area (Å²) < 4.78 is 11.3. The second kappa shape index (κ2) is 7.89. The van der Waals surface area contributed by atoms with Gasteiger partial charge in [-0.2, -0.15) is 5.26 Å². The third-order valence-corrected chi connectivity index (χ3v) is 4.42. The maximum atomic E-state index is 12.0. The maximum Gasteiger partial charge on any atom is 0.409 e. The second-order valence-corrected chi connectivity index (χ2v) is 6.21. The summed E-state index contributed by atoms with van der Waals surface area (Å²) in [6.45, 7) is 3.62. The third kappa shape index (κ3) is 3.85. The van der Waals surface area contributed by atoms with Crippen LogP contribution in [0.4, 0.5) is 4.79 Å². The van der Waals surface area contributed by atoms with Crippen molar-refractivity contribution in [3.8, 4) is 11.8 Å². The van der Waals surface area contributed by atoms with Crippen LogP contribution < -0.4 is 4.74 Å². The Labute approximate surface area is 147 Å². The Kier molecular flexibility index (Phi) is 5.39. The highest BCUT2D eigenvalue weighted by molar-refractivity contribution is 5.90. The van der Waals surface area contributed by atoms with Gasteiger partial charge in [-0.05, 0) is 17.9 Å². The molecule has 0 N–H and O–H groups in total. The van der Waals surface area contributed by atoms with Crippen molar-refractivity contribution in [1.29, 1.82) is 5.26 Å². The van der Waals surface area contributed by atoms with E-state index in [1.165, 1.54) is 0 Å². The first-order chi connectivity index (χ1) is 12.2. The Bertz CT molecular complexity index is 797. The van der Waals surface area contributed by atoms with Crippen molar-refractivity contribution in [2.24, 2.45) is 0 Å². The number of ether oxygens (including phenoxy) is 2. The lowest BCUT2D eigenvalue weighted by Crippen LogP contribution is -2.31. The molecule has 0 aliphatic carbocycles. The molecule has 1 aliphatic rings. The summed E-state index contributed by atoms with van der Waals surface area (Å²) in [6.07, 6.45) is 2.21. The van der Waals surface area contributed by atoms with Gasteiger partial charge in [-0.3, -0.25) is 0 Å². The van der Waals surface area contributed by atoms with E-state index in [-0.39, 0.29) is 12.2 Å². The van der Waals surface area contributed by atoms with Crippen LogP contribution in [-0.2, 0) is 4.74 Å². The van der Waals surface area contributed by atoms with Gasteiger partial charge in [-0.25, -0.2) is 4.79 Å². The molecule has 0 spiro atoms. The molecule has 1 saturated heterocycles. The number of nitrogens with zero attached hydrogens (tertiary/aromatic N) is 2. The van der Waals surface area contributed by atoms with Crippen LogP contribution in [0.15, 0.2) is 36.4 Å². The SMILES string of the molecule is CCCCOC(=O)N1CCC(Oc2ccc3ccccc3c2C#N)C1. The number of likely N-dealkylation sites (tertiary alicyclic amines) is 1. The summed E-state index contributed by atoms with van der Waals surface area (Å²) in [4.78, 5) is 13.7. The van der Waals surface area contributed by atoms with E-state index in [1.807, 2.05) is 36.4 Å². The number of fused-ring (bicyclic) bond motifs is 1. The third-order valence-electron chi connectivity index (χ3n) is 4.42. The van der Waals surface area contributed by atoms with Gasteiger partial charge in [-0.15, -0.1) is 0 Å². The van der Waals surface area contributed by atoms with E-state index in [2.05, 4.69) is 13.0 Å². The summed E-state index contributed by atoms with van der Waals surface area (Å²) in [5, 5.41) is 11.4. The Hall–Kier alpha value is -2.74. The number of amides is 1. The number of benzene rings is 2. The number of nitriles is 1. The minimum atomic E-state index is -0.279. The van der Waals surface area contributed by atoms with Gasteiger partial charge >= 0.3 is 6.09 Å². The largest absolute Gasteiger partial charge is 0.487 e. The number of carbonyl (C=O) groups excluding carboxylic acids is 1. The van der Waals surface area contributed by atoms with E-state index in [4.69, 9.17) is 9.47 Å². The van der Waals surface area contributed by atoms with E-state index in [0.717, 1.165) is 30.0 Å². The molecule has 0 aromatic heterocycles. The molecular weight excluding hydrogens is 316 g/mol. The molecule has 2 aromatic carbocycles. The fraction of sp³-hybridized carbons (Fsp3) is 0.400. The zero-order valence-electron chi connectivity index (χ0n) is 14.4. The fourth-order valence-electron chi connectivity index (χ4n) is 3.03. The lowest BCUT2D eigenvalue weighted by molar-refractivity contribution is 0.104. The second-order valence-electron chi connectivity index (χ2n) is 6.21. The first kappa shape index (κ1) is 17.1. The Morgan fingerprint density at radius 3 is 2.96 bits per heavy atom. The molecule has 130 valence electrons. The van der Waals surface area contributed by atoms with Crippen molar-refractivity contribution >= 4 is 16.9 Å². The van der Waals surface area contributed by atoms with Crippen molar-refractivity contribution in [2.45, 2.75) is 32.3 Å². The van der Waals surface area contributed by atoms with E-state index >= 15 is 0 Å². The van der Waals surface area contributed by atoms with Crippen LogP contribution in [0.3, 0.4) is 0 Å². The Morgan fingerprint density at radius 2 is 2.16 bits per heavy atom. The lowest BCUT2D eigenvalue weighted by atomic mass is 10.0. The van der Waals surface area contributed by atoms with Crippen LogP contribution in [0.5, 0.6) is 5.75 Å². The van der Waals surface area contributed by atoms with Crippen molar-refractivity contribution in [3.05, 3.63) is 42.0 Å². The van der Waals surface area contributed by atoms with Gasteiger partial charge in [0.2, 0.25) is 0 Å². The monoisotopic (exact) mass is 338 g/mol. The summed E-state index contributed by atoms with van der Waals surface area (Å²) >= 11 is 0. The fourth-order valence-corrected chi connectivity index (χ4v) is 3.03. The van der Waals surface area contributed by atoms with Crippen molar-refractivity contribution in [2.75, 3.05) is 19.7 Å². The molecule has 0 bridgehead atoms. The number of hydrogen-bond acceptors (Lipinski definition) is 4. The molecule has 1 atom stereocenters. The highest BCUT2D eigenvalue weighted by atomic mass is 16.6. The molecule has 1 fully saturated rings. The number of rotatable bonds is 5. The molecule has 5 nitrogen and oxygen atoms in total. The maximum absolute atomic E-state index is 12.0. The van der Waals surface area contributed by atoms with Crippen LogP contribution in [0.25, 0.3) is 10.8 Å². The molecule has 0 saturated carbocycles. The molecule has 5 heteroatoms. The smallest absolute Gasteiger partial charge is 0.409 e. The standard InChI is InChI=1S/C20H22N2O3/c1-2-3-12-24-20(23)22-11-10-16(14-22)25-19-9-8-15-6-4-5-7-17(15)18(19)13-21/h4-9,16H,2-3,10-12,14H2,1H3. The predicted octanol–water partition coefficient (Wildman–Crippen LogP) is 4.10. The minimum absolute atomic E-state index is 0.119. The van der Waals surface area contributed by atoms with E-state index < -0.39 is 0 Å². The van der Waals surface area contributed by atoms with Crippen LogP contribution >= 0.6 is 0 Å². The molecule has 1 heterocycles. The average Bonchev–Trinajstić information content (AvgIpc) is 3.10. The first-order valence-corrected chi connectivity index (χ1v) is 8.73.